The van der Waals surface area contributed by atoms with E-state index in [1.54, 1.807) is 37.3 Å². The molecule has 2 aliphatic heterocycles. The Morgan fingerprint density at radius 3 is 2.76 bits per heavy atom. The lowest BCUT2D eigenvalue weighted by molar-refractivity contribution is -0.0115. The Bertz CT molecular complexity index is 677. The number of amides is 1. The number of ether oxygens (including phenoxy) is 3. The molecule has 0 saturated carbocycles. The van der Waals surface area contributed by atoms with Crippen molar-refractivity contribution in [2.45, 2.75) is 25.0 Å². The number of carbonyl (C=O) groups is 2. The van der Waals surface area contributed by atoms with E-state index in [0.29, 0.717) is 25.2 Å². The molecule has 1 amide bonds. The third-order valence-electron chi connectivity index (χ3n) is 4.85. The molecule has 2 fully saturated rings. The van der Waals surface area contributed by atoms with E-state index in [0.717, 1.165) is 30.7 Å². The summed E-state index contributed by atoms with van der Waals surface area (Å²) in [6, 6.07) is 5.28. The van der Waals surface area contributed by atoms with Gasteiger partial charge in [0.25, 0.3) is 0 Å². The number of hydrogen-bond donors (Lipinski definition) is 0. The SMILES string of the molecule is COC(=O)c1ccc(OC)c(CN2CCC[C@@]3(C2)CN(C)C(=O)O3)c1. The Labute approximate surface area is 147 Å². The van der Waals surface area contributed by atoms with Crippen LogP contribution in [0, 0.1) is 0 Å². The van der Waals surface area contributed by atoms with Crippen LogP contribution in [0.1, 0.15) is 28.8 Å². The molecule has 2 aliphatic rings. The molecule has 0 unspecified atom stereocenters. The van der Waals surface area contributed by atoms with Gasteiger partial charge in [-0.2, -0.15) is 0 Å². The molecule has 1 aromatic rings. The lowest BCUT2D eigenvalue weighted by Gasteiger charge is -2.38. The van der Waals surface area contributed by atoms with Crippen LogP contribution in [0.25, 0.3) is 0 Å². The van der Waals surface area contributed by atoms with Gasteiger partial charge in [-0.3, -0.25) is 4.90 Å². The Morgan fingerprint density at radius 1 is 1.32 bits per heavy atom. The van der Waals surface area contributed by atoms with Gasteiger partial charge in [0.2, 0.25) is 0 Å². The van der Waals surface area contributed by atoms with Crippen molar-refractivity contribution in [3.63, 3.8) is 0 Å². The first kappa shape index (κ1) is 17.5. The van der Waals surface area contributed by atoms with Gasteiger partial charge in [0.05, 0.1) is 26.3 Å². The summed E-state index contributed by atoms with van der Waals surface area (Å²) in [7, 11) is 4.74. The largest absolute Gasteiger partial charge is 0.496 e. The van der Waals surface area contributed by atoms with E-state index in [4.69, 9.17) is 14.2 Å². The summed E-state index contributed by atoms with van der Waals surface area (Å²) >= 11 is 0. The molecule has 0 radical (unpaired) electrons. The van der Waals surface area contributed by atoms with Gasteiger partial charge < -0.3 is 19.1 Å². The molecule has 1 atom stereocenters. The number of benzene rings is 1. The second-order valence-electron chi connectivity index (χ2n) is 6.74. The van der Waals surface area contributed by atoms with Crippen molar-refractivity contribution in [1.82, 2.24) is 9.80 Å². The molecular formula is C18H24N2O5. The zero-order valence-electron chi connectivity index (χ0n) is 14.9. The molecular weight excluding hydrogens is 324 g/mol. The fraction of sp³-hybridized carbons (Fsp3) is 0.556. The van der Waals surface area contributed by atoms with Gasteiger partial charge in [-0.15, -0.1) is 0 Å². The van der Waals surface area contributed by atoms with Crippen LogP contribution in [0.2, 0.25) is 0 Å². The molecule has 2 heterocycles. The smallest absolute Gasteiger partial charge is 0.410 e. The third kappa shape index (κ3) is 3.56. The fourth-order valence-electron chi connectivity index (χ4n) is 3.72. The summed E-state index contributed by atoms with van der Waals surface area (Å²) in [5.74, 6) is 0.359. The molecule has 0 aromatic heterocycles. The maximum absolute atomic E-state index is 11.8. The summed E-state index contributed by atoms with van der Waals surface area (Å²) in [4.78, 5) is 27.4. The van der Waals surface area contributed by atoms with E-state index in [9.17, 15) is 9.59 Å². The molecule has 3 rings (SSSR count). The monoisotopic (exact) mass is 348 g/mol. The second-order valence-corrected chi connectivity index (χ2v) is 6.74. The molecule has 0 aliphatic carbocycles. The van der Waals surface area contributed by atoms with E-state index in [2.05, 4.69) is 4.90 Å². The van der Waals surface area contributed by atoms with Crippen LogP contribution >= 0.6 is 0 Å². The van der Waals surface area contributed by atoms with E-state index in [-0.39, 0.29) is 12.1 Å². The zero-order chi connectivity index (χ0) is 18.0. The minimum absolute atomic E-state index is 0.257. The molecule has 7 heteroatoms. The minimum atomic E-state index is -0.433. The molecule has 1 spiro atoms. The molecule has 136 valence electrons. The first-order valence-electron chi connectivity index (χ1n) is 8.38. The average Bonchev–Trinajstić information content (AvgIpc) is 2.87. The summed E-state index contributed by atoms with van der Waals surface area (Å²) in [6.07, 6.45) is 1.58. The molecule has 1 aromatic carbocycles. The molecule has 7 nitrogen and oxygen atoms in total. The van der Waals surface area contributed by atoms with Crippen LogP contribution < -0.4 is 4.74 Å². The molecule has 0 bridgehead atoms. The summed E-state index contributed by atoms with van der Waals surface area (Å²) in [5, 5.41) is 0. The summed E-state index contributed by atoms with van der Waals surface area (Å²) in [6.45, 7) is 2.82. The standard InChI is InChI=1S/C18H24N2O5/c1-19-11-18(25-17(19)22)7-4-8-20(12-18)10-14-9-13(16(21)24-3)5-6-15(14)23-2/h5-6,9H,4,7-8,10-12H2,1-3H3/t18-/m0/s1. The zero-order valence-corrected chi connectivity index (χ0v) is 14.9. The van der Waals surface area contributed by atoms with Gasteiger partial charge in [-0.1, -0.05) is 0 Å². The minimum Gasteiger partial charge on any atom is -0.496 e. The Balaban J connectivity index is 1.77. The maximum Gasteiger partial charge on any atom is 0.410 e. The highest BCUT2D eigenvalue weighted by Gasteiger charge is 2.46. The van der Waals surface area contributed by atoms with Crippen molar-refractivity contribution in [2.75, 3.05) is 40.9 Å². The Morgan fingerprint density at radius 2 is 2.12 bits per heavy atom. The molecule has 25 heavy (non-hydrogen) atoms. The molecule has 0 N–H and O–H groups in total. The van der Waals surface area contributed by atoms with Crippen molar-refractivity contribution < 1.29 is 23.8 Å². The highest BCUT2D eigenvalue weighted by molar-refractivity contribution is 5.89. The number of methoxy groups -OCH3 is 2. The lowest BCUT2D eigenvalue weighted by Crippen LogP contribution is -2.50. The summed E-state index contributed by atoms with van der Waals surface area (Å²) < 4.78 is 15.9. The van der Waals surface area contributed by atoms with E-state index >= 15 is 0 Å². The number of hydrogen-bond acceptors (Lipinski definition) is 6. The first-order chi connectivity index (χ1) is 12.0. The second kappa shape index (κ2) is 6.92. The first-order valence-corrected chi connectivity index (χ1v) is 8.38. The van der Waals surface area contributed by atoms with Gasteiger partial charge in [-0.05, 0) is 37.6 Å². The van der Waals surface area contributed by atoms with Crippen molar-refractivity contribution in [2.24, 2.45) is 0 Å². The van der Waals surface area contributed by atoms with Crippen molar-refractivity contribution in [3.8, 4) is 5.75 Å². The van der Waals surface area contributed by atoms with Crippen LogP contribution in [0.4, 0.5) is 4.79 Å². The van der Waals surface area contributed by atoms with Gasteiger partial charge in [0, 0.05) is 25.7 Å². The van der Waals surface area contributed by atoms with Gasteiger partial charge in [-0.25, -0.2) is 9.59 Å². The Hall–Kier alpha value is -2.28. The van der Waals surface area contributed by atoms with E-state index in [1.165, 1.54) is 7.11 Å². The lowest BCUT2D eigenvalue weighted by atomic mass is 9.92. The van der Waals surface area contributed by atoms with Crippen molar-refractivity contribution in [1.29, 1.82) is 0 Å². The van der Waals surface area contributed by atoms with Crippen molar-refractivity contribution in [3.05, 3.63) is 29.3 Å². The number of rotatable bonds is 4. The van der Waals surface area contributed by atoms with Gasteiger partial charge in [0.1, 0.15) is 11.4 Å². The fourth-order valence-corrected chi connectivity index (χ4v) is 3.72. The highest BCUT2D eigenvalue weighted by atomic mass is 16.6. The predicted octanol–water partition coefficient (Wildman–Crippen LogP) is 1.90. The third-order valence-corrected chi connectivity index (χ3v) is 4.85. The van der Waals surface area contributed by atoms with E-state index in [1.807, 2.05) is 0 Å². The van der Waals surface area contributed by atoms with Crippen LogP contribution in [0.15, 0.2) is 18.2 Å². The summed E-state index contributed by atoms with van der Waals surface area (Å²) in [5.41, 5.74) is 0.981. The van der Waals surface area contributed by atoms with E-state index < -0.39 is 5.60 Å². The van der Waals surface area contributed by atoms with Crippen LogP contribution in [0.3, 0.4) is 0 Å². The number of esters is 1. The topological polar surface area (TPSA) is 68.3 Å². The number of nitrogens with zero attached hydrogens (tertiary/aromatic N) is 2. The quantitative estimate of drug-likeness (QED) is 0.774. The highest BCUT2D eigenvalue weighted by Crippen LogP contribution is 2.33. The number of likely N-dealkylation sites (N-methyl/N-ethyl adjacent to an activating group) is 1. The average molecular weight is 348 g/mol. The van der Waals surface area contributed by atoms with Crippen LogP contribution in [0.5, 0.6) is 5.75 Å². The number of carbonyl (C=O) groups excluding carboxylic acids is 2. The maximum atomic E-state index is 11.8. The molecule has 2 saturated heterocycles. The van der Waals surface area contributed by atoms with Gasteiger partial charge in [0.15, 0.2) is 0 Å². The van der Waals surface area contributed by atoms with Gasteiger partial charge >= 0.3 is 12.1 Å². The predicted molar refractivity (Wildman–Crippen MR) is 90.7 cm³/mol. The van der Waals surface area contributed by atoms with Crippen LogP contribution in [-0.4, -0.2) is 68.4 Å². The normalized spacial score (nSPS) is 23.6. The number of piperidine rings is 1. The Kier molecular flexibility index (Phi) is 4.85. The van der Waals surface area contributed by atoms with Crippen LogP contribution in [-0.2, 0) is 16.0 Å². The van der Waals surface area contributed by atoms with Crippen molar-refractivity contribution >= 4 is 12.1 Å². The number of likely N-dealkylation sites (tertiary alicyclic amines) is 1.